The SMILES string of the molecule is COC1(c2ccccc2)OCC(C)(C)CO1. The van der Waals surface area contributed by atoms with Gasteiger partial charge in [0.2, 0.25) is 0 Å². The lowest BCUT2D eigenvalue weighted by atomic mass is 9.95. The predicted molar refractivity (Wildman–Crippen MR) is 60.8 cm³/mol. The van der Waals surface area contributed by atoms with E-state index in [1.54, 1.807) is 7.11 Å². The van der Waals surface area contributed by atoms with Crippen molar-refractivity contribution < 1.29 is 14.2 Å². The zero-order valence-corrected chi connectivity index (χ0v) is 10.0. The molecule has 0 radical (unpaired) electrons. The van der Waals surface area contributed by atoms with Gasteiger partial charge in [-0.15, -0.1) is 0 Å². The van der Waals surface area contributed by atoms with Crippen LogP contribution in [0.15, 0.2) is 30.3 Å². The minimum Gasteiger partial charge on any atom is -0.327 e. The van der Waals surface area contributed by atoms with Gasteiger partial charge in [-0.3, -0.25) is 0 Å². The monoisotopic (exact) mass is 222 g/mol. The summed E-state index contributed by atoms with van der Waals surface area (Å²) in [5, 5.41) is 0. The van der Waals surface area contributed by atoms with E-state index in [1.165, 1.54) is 0 Å². The summed E-state index contributed by atoms with van der Waals surface area (Å²) in [5.41, 5.74) is 0.935. The van der Waals surface area contributed by atoms with Gasteiger partial charge in [-0.2, -0.15) is 0 Å². The molecular weight excluding hydrogens is 204 g/mol. The van der Waals surface area contributed by atoms with Crippen LogP contribution in [-0.2, 0) is 20.2 Å². The highest BCUT2D eigenvalue weighted by molar-refractivity contribution is 5.18. The first-order valence-corrected chi connectivity index (χ1v) is 5.47. The summed E-state index contributed by atoms with van der Waals surface area (Å²) in [5.74, 6) is -1.03. The van der Waals surface area contributed by atoms with Crippen molar-refractivity contribution in [3.8, 4) is 0 Å². The van der Waals surface area contributed by atoms with Crippen LogP contribution >= 0.6 is 0 Å². The van der Waals surface area contributed by atoms with Gasteiger partial charge in [0.05, 0.1) is 13.2 Å². The number of hydrogen-bond donors (Lipinski definition) is 0. The molecule has 3 nitrogen and oxygen atoms in total. The van der Waals surface area contributed by atoms with Gasteiger partial charge in [-0.25, -0.2) is 0 Å². The van der Waals surface area contributed by atoms with E-state index >= 15 is 0 Å². The Hall–Kier alpha value is -0.900. The Labute approximate surface area is 96.3 Å². The van der Waals surface area contributed by atoms with E-state index < -0.39 is 5.97 Å². The number of rotatable bonds is 2. The zero-order chi connectivity index (χ0) is 11.6. The topological polar surface area (TPSA) is 27.7 Å². The van der Waals surface area contributed by atoms with Crippen LogP contribution in [0.3, 0.4) is 0 Å². The van der Waals surface area contributed by atoms with Gasteiger partial charge in [0, 0.05) is 18.1 Å². The van der Waals surface area contributed by atoms with Gasteiger partial charge in [0.25, 0.3) is 0 Å². The summed E-state index contributed by atoms with van der Waals surface area (Å²) in [7, 11) is 1.60. The second-order valence-electron chi connectivity index (χ2n) is 4.87. The zero-order valence-electron chi connectivity index (χ0n) is 10.0. The Morgan fingerprint density at radius 3 is 2.12 bits per heavy atom. The quantitative estimate of drug-likeness (QED) is 0.769. The molecule has 0 bridgehead atoms. The molecule has 0 aromatic heterocycles. The smallest absolute Gasteiger partial charge is 0.311 e. The normalized spacial score (nSPS) is 22.9. The Morgan fingerprint density at radius 1 is 1.06 bits per heavy atom. The molecule has 0 unspecified atom stereocenters. The summed E-state index contributed by atoms with van der Waals surface area (Å²) in [6.07, 6.45) is 0. The van der Waals surface area contributed by atoms with E-state index in [-0.39, 0.29) is 5.41 Å². The van der Waals surface area contributed by atoms with Crippen molar-refractivity contribution in [1.29, 1.82) is 0 Å². The van der Waals surface area contributed by atoms with Gasteiger partial charge in [-0.05, 0) is 0 Å². The molecule has 0 amide bonds. The number of methoxy groups -OCH3 is 1. The molecule has 1 heterocycles. The van der Waals surface area contributed by atoms with Gasteiger partial charge >= 0.3 is 5.97 Å². The van der Waals surface area contributed by atoms with Crippen molar-refractivity contribution in [3.63, 3.8) is 0 Å². The van der Waals surface area contributed by atoms with E-state index in [1.807, 2.05) is 30.3 Å². The summed E-state index contributed by atoms with van der Waals surface area (Å²) in [6, 6.07) is 9.74. The van der Waals surface area contributed by atoms with Crippen molar-refractivity contribution in [1.82, 2.24) is 0 Å². The Kier molecular flexibility index (Phi) is 3.02. The standard InChI is InChI=1S/C13H18O3/c1-12(2)9-15-13(14-3,16-10-12)11-7-5-4-6-8-11/h4-8H,9-10H2,1-3H3. The van der Waals surface area contributed by atoms with Gasteiger partial charge in [0.15, 0.2) is 0 Å². The average Bonchev–Trinajstić information content (AvgIpc) is 2.31. The second-order valence-corrected chi connectivity index (χ2v) is 4.87. The Bertz CT molecular complexity index is 335. The Morgan fingerprint density at radius 2 is 1.62 bits per heavy atom. The van der Waals surface area contributed by atoms with Crippen LogP contribution in [0, 0.1) is 5.41 Å². The van der Waals surface area contributed by atoms with Crippen molar-refractivity contribution >= 4 is 0 Å². The molecule has 0 aliphatic carbocycles. The summed E-state index contributed by atoms with van der Waals surface area (Å²) >= 11 is 0. The summed E-state index contributed by atoms with van der Waals surface area (Å²) < 4.78 is 17.0. The molecule has 1 aromatic carbocycles. The molecule has 88 valence electrons. The number of benzene rings is 1. The van der Waals surface area contributed by atoms with E-state index in [0.717, 1.165) is 5.56 Å². The van der Waals surface area contributed by atoms with E-state index in [9.17, 15) is 0 Å². The molecule has 1 aromatic rings. The van der Waals surface area contributed by atoms with Gasteiger partial charge in [-0.1, -0.05) is 44.2 Å². The molecule has 3 heteroatoms. The third-order valence-corrected chi connectivity index (χ3v) is 2.70. The minimum atomic E-state index is -1.03. The van der Waals surface area contributed by atoms with Crippen LogP contribution in [-0.4, -0.2) is 20.3 Å². The molecule has 0 saturated carbocycles. The van der Waals surface area contributed by atoms with Crippen molar-refractivity contribution in [2.24, 2.45) is 5.41 Å². The lowest BCUT2D eigenvalue weighted by molar-refractivity contribution is -0.421. The van der Waals surface area contributed by atoms with E-state index in [4.69, 9.17) is 14.2 Å². The van der Waals surface area contributed by atoms with Gasteiger partial charge < -0.3 is 14.2 Å². The predicted octanol–water partition coefficient (Wildman–Crippen LogP) is 2.52. The van der Waals surface area contributed by atoms with E-state index in [2.05, 4.69) is 13.8 Å². The van der Waals surface area contributed by atoms with Crippen molar-refractivity contribution in [3.05, 3.63) is 35.9 Å². The molecule has 0 spiro atoms. The molecule has 1 saturated heterocycles. The molecular formula is C13H18O3. The number of ether oxygens (including phenoxy) is 3. The summed E-state index contributed by atoms with van der Waals surface area (Å²) in [6.45, 7) is 5.46. The first-order valence-electron chi connectivity index (χ1n) is 5.47. The minimum absolute atomic E-state index is 0.0385. The highest BCUT2D eigenvalue weighted by Gasteiger charge is 2.42. The maximum Gasteiger partial charge on any atom is 0.311 e. The molecule has 1 aliphatic heterocycles. The second kappa shape index (κ2) is 4.17. The molecule has 0 N–H and O–H groups in total. The molecule has 0 atom stereocenters. The highest BCUT2D eigenvalue weighted by Crippen LogP contribution is 2.36. The first-order chi connectivity index (χ1) is 7.58. The van der Waals surface area contributed by atoms with Crippen LogP contribution in [0.2, 0.25) is 0 Å². The molecule has 1 aliphatic rings. The average molecular weight is 222 g/mol. The van der Waals surface area contributed by atoms with Crippen LogP contribution < -0.4 is 0 Å². The van der Waals surface area contributed by atoms with Crippen LogP contribution in [0.4, 0.5) is 0 Å². The largest absolute Gasteiger partial charge is 0.327 e. The third-order valence-electron chi connectivity index (χ3n) is 2.70. The lowest BCUT2D eigenvalue weighted by Gasteiger charge is -2.42. The molecule has 1 fully saturated rings. The Balaban J connectivity index is 2.23. The fourth-order valence-electron chi connectivity index (χ4n) is 1.71. The van der Waals surface area contributed by atoms with Crippen LogP contribution in [0.1, 0.15) is 19.4 Å². The first kappa shape index (κ1) is 11.6. The van der Waals surface area contributed by atoms with E-state index in [0.29, 0.717) is 13.2 Å². The molecule has 2 rings (SSSR count). The third kappa shape index (κ3) is 2.12. The maximum atomic E-state index is 5.77. The fraction of sp³-hybridized carbons (Fsp3) is 0.538. The maximum absolute atomic E-state index is 5.77. The van der Waals surface area contributed by atoms with Crippen molar-refractivity contribution in [2.75, 3.05) is 20.3 Å². The van der Waals surface area contributed by atoms with Crippen LogP contribution in [0.25, 0.3) is 0 Å². The van der Waals surface area contributed by atoms with Crippen LogP contribution in [0.5, 0.6) is 0 Å². The highest BCUT2D eigenvalue weighted by atomic mass is 16.9. The summed E-state index contributed by atoms with van der Waals surface area (Å²) in [4.78, 5) is 0. The fourth-order valence-corrected chi connectivity index (χ4v) is 1.71. The number of hydrogen-bond acceptors (Lipinski definition) is 3. The lowest BCUT2D eigenvalue weighted by Crippen LogP contribution is -2.46. The van der Waals surface area contributed by atoms with Gasteiger partial charge in [0.1, 0.15) is 0 Å². The molecule has 16 heavy (non-hydrogen) atoms. The van der Waals surface area contributed by atoms with Crippen molar-refractivity contribution in [2.45, 2.75) is 19.8 Å².